The first-order valence-electron chi connectivity index (χ1n) is 7.08. The van der Waals surface area contributed by atoms with E-state index in [0.29, 0.717) is 0 Å². The SMILES string of the molecule is OC[C@@H]1O[C@@H](O[C@H]2[C@@H](O)[C@H](O)[C@H](O)O[C@@H]2CO)[C@H](O)[C@H](O)[C@@H]1O. The zero-order valence-corrected chi connectivity index (χ0v) is 12.0. The Balaban J connectivity index is 2.11. The molecule has 2 rings (SSSR count). The molecule has 0 unspecified atom stereocenters. The monoisotopic (exact) mass is 342 g/mol. The summed E-state index contributed by atoms with van der Waals surface area (Å²) in [5, 5.41) is 76.5. The van der Waals surface area contributed by atoms with Crippen LogP contribution in [0.1, 0.15) is 0 Å². The normalized spacial score (nSPS) is 51.7. The van der Waals surface area contributed by atoms with Gasteiger partial charge in [0.2, 0.25) is 0 Å². The van der Waals surface area contributed by atoms with Gasteiger partial charge in [-0.15, -0.1) is 0 Å². The molecule has 0 radical (unpaired) electrons. The topological polar surface area (TPSA) is 190 Å². The van der Waals surface area contributed by atoms with Gasteiger partial charge in [0, 0.05) is 0 Å². The summed E-state index contributed by atoms with van der Waals surface area (Å²) < 4.78 is 15.3. The number of aliphatic hydroxyl groups excluding tert-OH is 8. The van der Waals surface area contributed by atoms with Crippen LogP contribution in [0, 0.1) is 0 Å². The molecule has 2 aliphatic heterocycles. The maximum atomic E-state index is 9.94. The molecule has 0 amide bonds. The molecule has 2 saturated heterocycles. The predicted molar refractivity (Wildman–Crippen MR) is 68.6 cm³/mol. The van der Waals surface area contributed by atoms with E-state index in [2.05, 4.69) is 0 Å². The highest BCUT2D eigenvalue weighted by molar-refractivity contribution is 4.93. The van der Waals surface area contributed by atoms with Crippen LogP contribution in [0.2, 0.25) is 0 Å². The second-order valence-electron chi connectivity index (χ2n) is 5.53. The molecular formula is C12H22O11. The maximum Gasteiger partial charge on any atom is 0.187 e. The van der Waals surface area contributed by atoms with Crippen molar-refractivity contribution in [3.63, 3.8) is 0 Å². The van der Waals surface area contributed by atoms with Crippen LogP contribution in [0.25, 0.3) is 0 Å². The van der Waals surface area contributed by atoms with Crippen LogP contribution in [-0.2, 0) is 14.2 Å². The van der Waals surface area contributed by atoms with Crippen LogP contribution in [0.15, 0.2) is 0 Å². The Hall–Kier alpha value is -0.440. The summed E-state index contributed by atoms with van der Waals surface area (Å²) >= 11 is 0. The van der Waals surface area contributed by atoms with Gasteiger partial charge in [0.15, 0.2) is 12.6 Å². The van der Waals surface area contributed by atoms with Crippen molar-refractivity contribution < 1.29 is 55.1 Å². The van der Waals surface area contributed by atoms with Gasteiger partial charge in [0.1, 0.15) is 48.8 Å². The third-order valence-electron chi connectivity index (χ3n) is 3.98. The first kappa shape index (κ1) is 18.9. The number of aliphatic hydroxyl groups is 8. The first-order valence-corrected chi connectivity index (χ1v) is 7.08. The summed E-state index contributed by atoms with van der Waals surface area (Å²) in [7, 11) is 0. The van der Waals surface area contributed by atoms with Crippen LogP contribution in [0.3, 0.4) is 0 Å². The number of hydrogen-bond acceptors (Lipinski definition) is 11. The van der Waals surface area contributed by atoms with Crippen molar-refractivity contribution in [1.82, 2.24) is 0 Å². The molecule has 0 aromatic heterocycles. The van der Waals surface area contributed by atoms with Crippen molar-refractivity contribution in [2.24, 2.45) is 0 Å². The molecule has 0 bridgehead atoms. The van der Waals surface area contributed by atoms with Gasteiger partial charge in [0.25, 0.3) is 0 Å². The van der Waals surface area contributed by atoms with Crippen molar-refractivity contribution >= 4 is 0 Å². The van der Waals surface area contributed by atoms with Gasteiger partial charge in [-0.1, -0.05) is 0 Å². The van der Waals surface area contributed by atoms with E-state index in [4.69, 9.17) is 19.3 Å². The maximum absolute atomic E-state index is 9.94. The van der Waals surface area contributed by atoms with Crippen LogP contribution in [0.5, 0.6) is 0 Å². The molecule has 2 aliphatic rings. The Kier molecular flexibility index (Phi) is 6.27. The lowest BCUT2D eigenvalue weighted by molar-refractivity contribution is -0.355. The summed E-state index contributed by atoms with van der Waals surface area (Å²) in [6.07, 6.45) is -15.6. The van der Waals surface area contributed by atoms with Crippen molar-refractivity contribution in [1.29, 1.82) is 0 Å². The van der Waals surface area contributed by atoms with Gasteiger partial charge in [-0.25, -0.2) is 0 Å². The standard InChI is InChI=1S/C12H22O11/c13-1-3-5(15)6(16)9(19)12(22-3)23-10-4(2-14)21-11(20)8(18)7(10)17/h3-20H,1-2H2/t3-,4+,5+,6+,7-,8-,9+,10+,11+,12-/m0/s1. The van der Waals surface area contributed by atoms with Gasteiger partial charge < -0.3 is 55.1 Å². The molecule has 2 heterocycles. The molecule has 2 fully saturated rings. The van der Waals surface area contributed by atoms with Crippen LogP contribution in [-0.4, -0.2) is 115 Å². The molecule has 136 valence electrons. The fourth-order valence-electron chi connectivity index (χ4n) is 2.57. The summed E-state index contributed by atoms with van der Waals surface area (Å²) in [5.74, 6) is 0. The van der Waals surface area contributed by atoms with Crippen molar-refractivity contribution in [2.45, 2.75) is 61.4 Å². The van der Waals surface area contributed by atoms with E-state index in [1.807, 2.05) is 0 Å². The van der Waals surface area contributed by atoms with E-state index in [-0.39, 0.29) is 0 Å². The van der Waals surface area contributed by atoms with E-state index < -0.39 is 74.6 Å². The smallest absolute Gasteiger partial charge is 0.187 e. The Labute approximate surface area is 130 Å². The van der Waals surface area contributed by atoms with Crippen molar-refractivity contribution in [2.75, 3.05) is 13.2 Å². The second-order valence-corrected chi connectivity index (χ2v) is 5.53. The van der Waals surface area contributed by atoms with Crippen molar-refractivity contribution in [3.8, 4) is 0 Å². The molecular weight excluding hydrogens is 320 g/mol. The highest BCUT2D eigenvalue weighted by Crippen LogP contribution is 2.28. The van der Waals surface area contributed by atoms with Gasteiger partial charge in [0.05, 0.1) is 13.2 Å². The molecule has 0 aliphatic carbocycles. The van der Waals surface area contributed by atoms with Crippen LogP contribution < -0.4 is 0 Å². The summed E-state index contributed by atoms with van der Waals surface area (Å²) in [6, 6.07) is 0. The number of hydrogen-bond donors (Lipinski definition) is 8. The van der Waals surface area contributed by atoms with E-state index >= 15 is 0 Å². The van der Waals surface area contributed by atoms with E-state index in [1.165, 1.54) is 0 Å². The average Bonchev–Trinajstić information content (AvgIpc) is 2.55. The average molecular weight is 342 g/mol. The number of rotatable bonds is 4. The Bertz CT molecular complexity index is 378. The molecule has 0 saturated carbocycles. The lowest BCUT2D eigenvalue weighted by Gasteiger charge is -2.45. The quantitative estimate of drug-likeness (QED) is 0.243. The predicted octanol–water partition coefficient (Wildman–Crippen LogP) is -5.40. The van der Waals surface area contributed by atoms with E-state index in [0.717, 1.165) is 0 Å². The summed E-state index contributed by atoms with van der Waals surface area (Å²) in [5.41, 5.74) is 0. The minimum atomic E-state index is -1.74. The molecule has 11 heteroatoms. The lowest BCUT2D eigenvalue weighted by atomic mass is 9.97. The van der Waals surface area contributed by atoms with E-state index in [9.17, 15) is 35.7 Å². The minimum absolute atomic E-state index is 0.667. The van der Waals surface area contributed by atoms with E-state index in [1.54, 1.807) is 0 Å². The summed E-state index contributed by atoms with van der Waals surface area (Å²) in [6.45, 7) is -1.35. The molecule has 0 spiro atoms. The number of ether oxygens (including phenoxy) is 3. The Morgan fingerprint density at radius 2 is 1.26 bits per heavy atom. The van der Waals surface area contributed by atoms with Gasteiger partial charge in [-0.3, -0.25) is 0 Å². The Morgan fingerprint density at radius 3 is 1.83 bits per heavy atom. The Morgan fingerprint density at radius 1 is 0.652 bits per heavy atom. The van der Waals surface area contributed by atoms with Crippen molar-refractivity contribution in [3.05, 3.63) is 0 Å². The molecule has 23 heavy (non-hydrogen) atoms. The minimum Gasteiger partial charge on any atom is -0.394 e. The lowest BCUT2D eigenvalue weighted by Crippen LogP contribution is -2.64. The van der Waals surface area contributed by atoms with Crippen LogP contribution in [0.4, 0.5) is 0 Å². The van der Waals surface area contributed by atoms with Crippen LogP contribution >= 0.6 is 0 Å². The zero-order chi connectivity index (χ0) is 17.3. The fourth-order valence-corrected chi connectivity index (χ4v) is 2.57. The third kappa shape index (κ3) is 3.65. The molecule has 8 N–H and O–H groups in total. The molecule has 11 nitrogen and oxygen atoms in total. The third-order valence-corrected chi connectivity index (χ3v) is 3.98. The molecule has 10 atom stereocenters. The highest BCUT2D eigenvalue weighted by Gasteiger charge is 2.50. The molecule has 0 aromatic rings. The summed E-state index contributed by atoms with van der Waals surface area (Å²) in [4.78, 5) is 0. The fraction of sp³-hybridized carbons (Fsp3) is 1.00. The largest absolute Gasteiger partial charge is 0.394 e. The van der Waals surface area contributed by atoms with Gasteiger partial charge in [-0.05, 0) is 0 Å². The first-order chi connectivity index (χ1) is 10.8. The van der Waals surface area contributed by atoms with Gasteiger partial charge >= 0.3 is 0 Å². The van der Waals surface area contributed by atoms with Gasteiger partial charge in [-0.2, -0.15) is 0 Å². The second kappa shape index (κ2) is 7.63. The highest BCUT2D eigenvalue weighted by atomic mass is 16.7. The molecule has 0 aromatic carbocycles. The zero-order valence-electron chi connectivity index (χ0n) is 12.0.